The molecule has 0 fully saturated rings. The summed E-state index contributed by atoms with van der Waals surface area (Å²) >= 11 is 0. The fourth-order valence-electron chi connectivity index (χ4n) is 2.38. The Morgan fingerprint density at radius 1 is 1.05 bits per heavy atom. The summed E-state index contributed by atoms with van der Waals surface area (Å²) < 4.78 is 0. The van der Waals surface area contributed by atoms with Gasteiger partial charge in [-0.15, -0.1) is 0 Å². The highest BCUT2D eigenvalue weighted by Gasteiger charge is 2.28. The van der Waals surface area contributed by atoms with Crippen molar-refractivity contribution < 1.29 is 4.79 Å². The summed E-state index contributed by atoms with van der Waals surface area (Å²) in [5, 5.41) is 1.52. The molecule has 1 N–H and O–H groups in total. The maximum atomic E-state index is 12.3. The van der Waals surface area contributed by atoms with E-state index in [2.05, 4.69) is 10.4 Å². The van der Waals surface area contributed by atoms with Crippen LogP contribution in [0.4, 0.5) is 0 Å². The Bertz CT molecular complexity index is 652. The van der Waals surface area contributed by atoms with Gasteiger partial charge < -0.3 is 0 Å². The second-order valence-corrected chi connectivity index (χ2v) is 5.06. The van der Waals surface area contributed by atoms with Crippen molar-refractivity contribution in [1.82, 2.24) is 10.4 Å². The molecule has 1 aliphatic heterocycles. The van der Waals surface area contributed by atoms with Crippen LogP contribution in [-0.4, -0.2) is 29.8 Å². The van der Waals surface area contributed by atoms with Gasteiger partial charge in [0.15, 0.2) is 0 Å². The Morgan fingerprint density at radius 3 is 2.33 bits per heavy atom. The summed E-state index contributed by atoms with van der Waals surface area (Å²) in [7, 11) is 1.73. The average molecular weight is 279 g/mol. The normalized spacial score (nSPS) is 18.1. The molecular formula is C17H17N3O. The van der Waals surface area contributed by atoms with E-state index in [-0.39, 0.29) is 11.9 Å². The lowest BCUT2D eigenvalue weighted by Crippen LogP contribution is -2.52. The number of likely N-dealkylation sites (N-methyl/N-ethyl adjacent to an activating group) is 1. The first-order valence-electron chi connectivity index (χ1n) is 6.95. The minimum atomic E-state index is -0.381. The minimum absolute atomic E-state index is 0.0152. The van der Waals surface area contributed by atoms with Gasteiger partial charge in [0.05, 0.1) is 0 Å². The second-order valence-electron chi connectivity index (χ2n) is 5.06. The lowest BCUT2D eigenvalue weighted by atomic mass is 10.0. The van der Waals surface area contributed by atoms with Gasteiger partial charge in [0.2, 0.25) is 0 Å². The number of aliphatic imine (C=N–C) groups is 1. The number of carbonyl (C=O) groups is 1. The van der Waals surface area contributed by atoms with Crippen molar-refractivity contribution >= 4 is 11.7 Å². The third kappa shape index (κ3) is 2.94. The molecule has 0 saturated heterocycles. The molecule has 1 heterocycles. The molecule has 4 heteroatoms. The molecule has 0 aliphatic carbocycles. The van der Waals surface area contributed by atoms with E-state index < -0.39 is 0 Å². The highest BCUT2D eigenvalue weighted by molar-refractivity contribution is 6.03. The number of carbonyl (C=O) groups excluding carboxylic acids is 1. The first-order chi connectivity index (χ1) is 10.2. The molecule has 3 rings (SSSR count). The fraction of sp³-hybridized carbons (Fsp3) is 0.176. The van der Waals surface area contributed by atoms with Crippen molar-refractivity contribution in [3.63, 3.8) is 0 Å². The van der Waals surface area contributed by atoms with Gasteiger partial charge in [0, 0.05) is 19.0 Å². The van der Waals surface area contributed by atoms with Crippen LogP contribution in [0.15, 0.2) is 65.7 Å². The highest BCUT2D eigenvalue weighted by Crippen LogP contribution is 2.13. The van der Waals surface area contributed by atoms with Gasteiger partial charge in [-0.25, -0.2) is 0 Å². The van der Waals surface area contributed by atoms with Gasteiger partial charge in [0.25, 0.3) is 5.91 Å². The third-order valence-corrected chi connectivity index (χ3v) is 3.49. The van der Waals surface area contributed by atoms with Crippen LogP contribution in [-0.2, 0) is 11.2 Å². The van der Waals surface area contributed by atoms with Crippen molar-refractivity contribution in [1.29, 1.82) is 0 Å². The zero-order valence-electron chi connectivity index (χ0n) is 11.9. The smallest absolute Gasteiger partial charge is 0.265 e. The van der Waals surface area contributed by atoms with E-state index in [1.165, 1.54) is 5.01 Å². The molecular weight excluding hydrogens is 262 g/mol. The molecule has 106 valence electrons. The molecule has 0 radical (unpaired) electrons. The van der Waals surface area contributed by atoms with E-state index >= 15 is 0 Å². The van der Waals surface area contributed by atoms with Crippen LogP contribution in [0.1, 0.15) is 11.1 Å². The Labute approximate surface area is 124 Å². The number of hydrazine groups is 1. The van der Waals surface area contributed by atoms with Gasteiger partial charge in [-0.2, -0.15) is 0 Å². The molecule has 1 amide bonds. The quantitative estimate of drug-likeness (QED) is 0.934. The summed E-state index contributed by atoms with van der Waals surface area (Å²) in [5.41, 5.74) is 5.13. The van der Waals surface area contributed by atoms with Crippen LogP contribution in [0.2, 0.25) is 0 Å². The van der Waals surface area contributed by atoms with Gasteiger partial charge in [0.1, 0.15) is 11.9 Å². The molecule has 4 nitrogen and oxygen atoms in total. The van der Waals surface area contributed by atoms with Crippen LogP contribution < -0.4 is 5.43 Å². The molecule has 0 saturated carbocycles. The maximum Gasteiger partial charge on any atom is 0.265 e. The number of nitrogens with zero attached hydrogens (tertiary/aromatic N) is 2. The number of benzene rings is 2. The Balaban J connectivity index is 1.89. The van der Waals surface area contributed by atoms with Crippen molar-refractivity contribution in [2.24, 2.45) is 4.99 Å². The summed E-state index contributed by atoms with van der Waals surface area (Å²) in [6, 6.07) is 19.4. The van der Waals surface area contributed by atoms with Crippen molar-refractivity contribution in [3.05, 3.63) is 71.8 Å². The van der Waals surface area contributed by atoms with Crippen LogP contribution >= 0.6 is 0 Å². The Hall–Kier alpha value is -2.62. The van der Waals surface area contributed by atoms with Crippen LogP contribution in [0.5, 0.6) is 0 Å². The number of nitrogens with one attached hydrogen (secondary N) is 1. The Kier molecular flexibility index (Phi) is 3.69. The van der Waals surface area contributed by atoms with Crippen LogP contribution in [0.25, 0.3) is 0 Å². The number of rotatable bonds is 3. The van der Waals surface area contributed by atoms with Gasteiger partial charge in [-0.3, -0.25) is 20.2 Å². The molecule has 2 aromatic rings. The molecule has 0 bridgehead atoms. The van der Waals surface area contributed by atoms with E-state index in [4.69, 9.17) is 0 Å². The maximum absolute atomic E-state index is 12.3. The Morgan fingerprint density at radius 2 is 1.67 bits per heavy atom. The molecule has 2 aromatic carbocycles. The summed E-state index contributed by atoms with van der Waals surface area (Å²) in [5.74, 6) is 0.720. The first kappa shape index (κ1) is 13.4. The fourth-order valence-corrected chi connectivity index (χ4v) is 2.38. The second kappa shape index (κ2) is 5.79. The third-order valence-electron chi connectivity index (χ3n) is 3.49. The van der Waals surface area contributed by atoms with Crippen molar-refractivity contribution in [2.75, 3.05) is 7.05 Å². The summed E-state index contributed by atoms with van der Waals surface area (Å²) in [6.07, 6.45) is 0.613. The van der Waals surface area contributed by atoms with E-state index in [0.717, 1.165) is 17.0 Å². The standard InChI is InChI=1S/C17H17N3O/c1-20-17(21)15(12-13-8-4-2-5-9-13)18-16(19-20)14-10-6-3-7-11-14/h2-11,15H,12H2,1H3,(H,18,19)/t15-/m0/s1. The first-order valence-corrected chi connectivity index (χ1v) is 6.95. The molecule has 1 aliphatic rings. The molecule has 0 unspecified atom stereocenters. The topological polar surface area (TPSA) is 44.7 Å². The lowest BCUT2D eigenvalue weighted by molar-refractivity contribution is -0.133. The van der Waals surface area contributed by atoms with Crippen LogP contribution in [0.3, 0.4) is 0 Å². The SMILES string of the molecule is CN1NC(c2ccccc2)=N[C@@H](Cc2ccccc2)C1=O. The lowest BCUT2D eigenvalue weighted by Gasteiger charge is -2.29. The van der Waals surface area contributed by atoms with E-state index in [1.807, 2.05) is 60.7 Å². The predicted octanol–water partition coefficient (Wildman–Crippen LogP) is 2.02. The zero-order chi connectivity index (χ0) is 14.7. The van der Waals surface area contributed by atoms with Gasteiger partial charge in [-0.1, -0.05) is 60.7 Å². The summed E-state index contributed by atoms with van der Waals surface area (Å²) in [4.78, 5) is 16.9. The monoisotopic (exact) mass is 279 g/mol. The molecule has 1 atom stereocenters. The largest absolute Gasteiger partial charge is 0.279 e. The molecule has 21 heavy (non-hydrogen) atoms. The zero-order valence-corrected chi connectivity index (χ0v) is 11.9. The number of amidine groups is 1. The highest BCUT2D eigenvalue weighted by atomic mass is 16.2. The van der Waals surface area contributed by atoms with E-state index in [0.29, 0.717) is 6.42 Å². The van der Waals surface area contributed by atoms with Gasteiger partial charge >= 0.3 is 0 Å². The molecule has 0 spiro atoms. The number of hydrogen-bond acceptors (Lipinski definition) is 3. The van der Waals surface area contributed by atoms with E-state index in [9.17, 15) is 4.79 Å². The number of amides is 1. The van der Waals surface area contributed by atoms with E-state index in [1.54, 1.807) is 7.05 Å². The predicted molar refractivity (Wildman–Crippen MR) is 82.8 cm³/mol. The van der Waals surface area contributed by atoms with Crippen molar-refractivity contribution in [2.45, 2.75) is 12.5 Å². The van der Waals surface area contributed by atoms with Gasteiger partial charge in [-0.05, 0) is 5.56 Å². The van der Waals surface area contributed by atoms with Crippen molar-refractivity contribution in [3.8, 4) is 0 Å². The minimum Gasteiger partial charge on any atom is -0.279 e. The molecule has 0 aromatic heterocycles. The summed E-state index contributed by atoms with van der Waals surface area (Å²) in [6.45, 7) is 0. The number of hydrogen-bond donors (Lipinski definition) is 1. The van der Waals surface area contributed by atoms with Crippen LogP contribution in [0, 0.1) is 0 Å². The average Bonchev–Trinajstić information content (AvgIpc) is 2.53.